The maximum atomic E-state index is 12.7. The van der Waals surface area contributed by atoms with Crippen LogP contribution in [0.2, 0.25) is 0 Å². The van der Waals surface area contributed by atoms with Crippen LogP contribution in [0.15, 0.2) is 72.3 Å². The Bertz CT molecular complexity index is 1170. The minimum atomic E-state index is -0.532. The van der Waals surface area contributed by atoms with Crippen LogP contribution in [0, 0.1) is 14.9 Å². The quantitative estimate of drug-likeness (QED) is 0.234. The van der Waals surface area contributed by atoms with E-state index in [9.17, 15) is 10.1 Å². The summed E-state index contributed by atoms with van der Waals surface area (Å²) in [5.74, 6) is 1.09. The first-order valence-corrected chi connectivity index (χ1v) is 10.7. The molecule has 3 aromatic rings. The standard InChI is InChI=1S/C25H21IN2O4/c1-30-22-11-7-6-10-21(22)28-25(29)19(15-27)12-18-13-20(26)24(23(14-18)31-2)32-16-17-8-4-3-5-9-17/h3-14H,16H2,1-2H3,(H,28,29)/b19-12+. The van der Waals surface area contributed by atoms with Gasteiger partial charge >= 0.3 is 0 Å². The largest absolute Gasteiger partial charge is 0.495 e. The van der Waals surface area contributed by atoms with Gasteiger partial charge in [0.25, 0.3) is 5.91 Å². The predicted molar refractivity (Wildman–Crippen MR) is 132 cm³/mol. The van der Waals surface area contributed by atoms with Crippen molar-refractivity contribution in [2.24, 2.45) is 0 Å². The number of methoxy groups -OCH3 is 2. The third-order valence-electron chi connectivity index (χ3n) is 4.51. The number of hydrogen-bond acceptors (Lipinski definition) is 5. The molecule has 0 saturated heterocycles. The van der Waals surface area contributed by atoms with Crippen molar-refractivity contribution in [1.29, 1.82) is 5.26 Å². The van der Waals surface area contributed by atoms with Gasteiger partial charge in [0.2, 0.25) is 0 Å². The first-order chi connectivity index (χ1) is 15.5. The summed E-state index contributed by atoms with van der Waals surface area (Å²) in [6.07, 6.45) is 1.51. The lowest BCUT2D eigenvalue weighted by molar-refractivity contribution is -0.112. The van der Waals surface area contributed by atoms with Gasteiger partial charge in [-0.25, -0.2) is 0 Å². The molecule has 32 heavy (non-hydrogen) atoms. The van der Waals surface area contributed by atoms with Crippen LogP contribution < -0.4 is 19.5 Å². The van der Waals surface area contributed by atoms with Crippen LogP contribution in [-0.2, 0) is 11.4 Å². The van der Waals surface area contributed by atoms with Crippen molar-refractivity contribution in [3.8, 4) is 23.3 Å². The number of ether oxygens (including phenoxy) is 3. The first kappa shape index (κ1) is 23.2. The molecule has 1 amide bonds. The van der Waals surface area contributed by atoms with Crippen LogP contribution in [0.1, 0.15) is 11.1 Å². The molecule has 0 bridgehead atoms. The lowest BCUT2D eigenvalue weighted by Crippen LogP contribution is -2.14. The zero-order chi connectivity index (χ0) is 22.9. The van der Waals surface area contributed by atoms with Crippen molar-refractivity contribution in [3.05, 3.63) is 87.0 Å². The number of amides is 1. The maximum Gasteiger partial charge on any atom is 0.266 e. The van der Waals surface area contributed by atoms with Gasteiger partial charge in [-0.2, -0.15) is 5.26 Å². The molecular formula is C25H21IN2O4. The number of carbonyl (C=O) groups excluding carboxylic acids is 1. The number of carbonyl (C=O) groups is 1. The summed E-state index contributed by atoms with van der Waals surface area (Å²) in [5, 5.41) is 12.3. The monoisotopic (exact) mass is 540 g/mol. The van der Waals surface area contributed by atoms with E-state index in [-0.39, 0.29) is 5.57 Å². The molecule has 0 aliphatic heterocycles. The van der Waals surface area contributed by atoms with Crippen LogP contribution >= 0.6 is 22.6 Å². The topological polar surface area (TPSA) is 80.6 Å². The fraction of sp³-hybridized carbons (Fsp3) is 0.120. The molecule has 0 spiro atoms. The van der Waals surface area contributed by atoms with E-state index in [0.29, 0.717) is 35.1 Å². The predicted octanol–water partition coefficient (Wildman–Crippen LogP) is 5.43. The second-order valence-corrected chi connectivity index (χ2v) is 7.79. The zero-order valence-electron chi connectivity index (χ0n) is 17.6. The summed E-state index contributed by atoms with van der Waals surface area (Å²) >= 11 is 2.15. The van der Waals surface area contributed by atoms with Crippen LogP contribution in [0.25, 0.3) is 6.08 Å². The van der Waals surface area contributed by atoms with Gasteiger partial charge < -0.3 is 19.5 Å². The van der Waals surface area contributed by atoms with Crippen molar-refractivity contribution in [2.45, 2.75) is 6.61 Å². The highest BCUT2D eigenvalue weighted by molar-refractivity contribution is 14.1. The zero-order valence-corrected chi connectivity index (χ0v) is 19.8. The Labute approximate surface area is 200 Å². The fourth-order valence-corrected chi connectivity index (χ4v) is 3.73. The Hall–Kier alpha value is -3.51. The van der Waals surface area contributed by atoms with Crippen molar-refractivity contribution in [3.63, 3.8) is 0 Å². The molecule has 7 heteroatoms. The van der Waals surface area contributed by atoms with E-state index in [1.165, 1.54) is 13.2 Å². The number of nitrogens with one attached hydrogen (secondary N) is 1. The van der Waals surface area contributed by atoms with Crippen LogP contribution in [0.3, 0.4) is 0 Å². The molecule has 3 rings (SSSR count). The molecule has 6 nitrogen and oxygen atoms in total. The Morgan fingerprint density at radius 2 is 1.72 bits per heavy atom. The summed E-state index contributed by atoms with van der Waals surface area (Å²) in [7, 11) is 3.07. The fourth-order valence-electron chi connectivity index (χ4n) is 2.95. The second-order valence-electron chi connectivity index (χ2n) is 6.63. The minimum absolute atomic E-state index is 0.0493. The summed E-state index contributed by atoms with van der Waals surface area (Å²) in [6, 6.07) is 22.3. The highest BCUT2D eigenvalue weighted by atomic mass is 127. The van der Waals surface area contributed by atoms with Crippen molar-refractivity contribution < 1.29 is 19.0 Å². The van der Waals surface area contributed by atoms with Gasteiger partial charge in [0.1, 0.15) is 24.0 Å². The molecule has 3 aromatic carbocycles. The Morgan fingerprint density at radius 1 is 1.03 bits per heavy atom. The number of nitriles is 1. The van der Waals surface area contributed by atoms with Crippen LogP contribution in [-0.4, -0.2) is 20.1 Å². The highest BCUT2D eigenvalue weighted by Crippen LogP contribution is 2.35. The van der Waals surface area contributed by atoms with E-state index < -0.39 is 5.91 Å². The molecule has 162 valence electrons. The van der Waals surface area contributed by atoms with Gasteiger partial charge in [-0.05, 0) is 64.1 Å². The lowest BCUT2D eigenvalue weighted by atomic mass is 10.1. The lowest BCUT2D eigenvalue weighted by Gasteiger charge is -2.14. The number of hydrogen-bond donors (Lipinski definition) is 1. The van der Waals surface area contributed by atoms with E-state index in [1.807, 2.05) is 42.5 Å². The molecule has 0 aliphatic carbocycles. The van der Waals surface area contributed by atoms with Gasteiger partial charge in [0.05, 0.1) is 23.5 Å². The van der Waals surface area contributed by atoms with Crippen LogP contribution in [0.5, 0.6) is 17.2 Å². The van der Waals surface area contributed by atoms with Gasteiger partial charge in [-0.3, -0.25) is 4.79 Å². The Kier molecular flexibility index (Phi) is 8.11. The van der Waals surface area contributed by atoms with Gasteiger partial charge in [-0.1, -0.05) is 42.5 Å². The summed E-state index contributed by atoms with van der Waals surface area (Å²) < 4.78 is 17.5. The second kappa shape index (κ2) is 11.2. The first-order valence-electron chi connectivity index (χ1n) is 9.66. The molecule has 0 fully saturated rings. The van der Waals surface area contributed by atoms with E-state index in [1.54, 1.807) is 37.4 Å². The number of anilines is 1. The Balaban J connectivity index is 1.83. The molecule has 0 aromatic heterocycles. The van der Waals surface area contributed by atoms with E-state index in [4.69, 9.17) is 14.2 Å². The van der Waals surface area contributed by atoms with Crippen molar-refractivity contribution >= 4 is 40.3 Å². The third kappa shape index (κ3) is 5.80. The molecule has 0 aliphatic rings. The third-order valence-corrected chi connectivity index (χ3v) is 5.31. The van der Waals surface area contributed by atoms with E-state index in [2.05, 4.69) is 27.9 Å². The number of rotatable bonds is 8. The van der Waals surface area contributed by atoms with Gasteiger partial charge in [0.15, 0.2) is 11.5 Å². The Morgan fingerprint density at radius 3 is 2.41 bits per heavy atom. The van der Waals surface area contributed by atoms with E-state index >= 15 is 0 Å². The minimum Gasteiger partial charge on any atom is -0.495 e. The highest BCUT2D eigenvalue weighted by Gasteiger charge is 2.15. The number of nitrogens with zero attached hydrogens (tertiary/aromatic N) is 1. The van der Waals surface area contributed by atoms with E-state index in [0.717, 1.165) is 9.13 Å². The van der Waals surface area contributed by atoms with Crippen LogP contribution in [0.4, 0.5) is 5.69 Å². The molecule has 0 heterocycles. The summed E-state index contributed by atoms with van der Waals surface area (Å²) in [4.78, 5) is 12.7. The van der Waals surface area contributed by atoms with Gasteiger partial charge in [-0.15, -0.1) is 0 Å². The smallest absolute Gasteiger partial charge is 0.266 e. The molecule has 0 atom stereocenters. The number of halogens is 1. The SMILES string of the molecule is COc1ccccc1NC(=O)/C(C#N)=C/c1cc(I)c(OCc2ccccc2)c(OC)c1. The molecular weight excluding hydrogens is 519 g/mol. The average Bonchev–Trinajstić information content (AvgIpc) is 2.82. The number of para-hydroxylation sites is 2. The van der Waals surface area contributed by atoms with Crippen molar-refractivity contribution in [1.82, 2.24) is 0 Å². The summed E-state index contributed by atoms with van der Waals surface area (Å²) in [6.45, 7) is 0.396. The maximum absolute atomic E-state index is 12.7. The normalized spacial score (nSPS) is 10.8. The van der Waals surface area contributed by atoms with Gasteiger partial charge in [0, 0.05) is 0 Å². The molecule has 0 saturated carbocycles. The average molecular weight is 540 g/mol. The molecule has 0 radical (unpaired) electrons. The molecule has 0 unspecified atom stereocenters. The molecule has 1 N–H and O–H groups in total. The summed E-state index contributed by atoms with van der Waals surface area (Å²) in [5.41, 5.74) is 2.11. The van der Waals surface area contributed by atoms with Crippen molar-refractivity contribution in [2.75, 3.05) is 19.5 Å². The number of benzene rings is 3.